The molecule has 0 aromatic carbocycles. The van der Waals surface area contributed by atoms with E-state index in [-0.39, 0.29) is 23.2 Å². The van der Waals surface area contributed by atoms with Crippen LogP contribution in [0.5, 0.6) is 0 Å². The Labute approximate surface area is 120 Å². The van der Waals surface area contributed by atoms with Gasteiger partial charge in [0.1, 0.15) is 5.60 Å². The fraction of sp³-hybridized carbons (Fsp3) is 0.583. The van der Waals surface area contributed by atoms with Crippen LogP contribution in [0.1, 0.15) is 25.7 Å². The van der Waals surface area contributed by atoms with Crippen LogP contribution in [-0.2, 0) is 4.74 Å². The van der Waals surface area contributed by atoms with Gasteiger partial charge in [-0.25, -0.2) is 14.2 Å². The van der Waals surface area contributed by atoms with Gasteiger partial charge in [0.05, 0.1) is 12.7 Å². The molecule has 1 saturated carbocycles. The second-order valence-corrected chi connectivity index (χ2v) is 5.54. The number of alkyl carbamates (subject to hydrolysis) is 1. The molecular weight excluding hydrogens is 287 g/mol. The van der Waals surface area contributed by atoms with Gasteiger partial charge in [0, 0.05) is 12.5 Å². The Morgan fingerprint density at radius 1 is 1.60 bits per heavy atom. The van der Waals surface area contributed by atoms with Crippen molar-refractivity contribution in [3.63, 3.8) is 0 Å². The summed E-state index contributed by atoms with van der Waals surface area (Å²) in [4.78, 5) is 18.6. The van der Waals surface area contributed by atoms with E-state index in [9.17, 15) is 9.18 Å². The molecule has 20 heavy (non-hydrogen) atoms. The number of nitrogens with one attached hydrogen (secondary N) is 2. The number of rotatable bonds is 2. The van der Waals surface area contributed by atoms with Crippen LogP contribution in [0.4, 0.5) is 15.0 Å². The Kier molecular flexibility index (Phi) is 3.37. The Morgan fingerprint density at radius 2 is 2.45 bits per heavy atom. The SMILES string of the molecule is O=C1NC[C@]2(CCC[C@H](Nc3nc(Cl)ncc3F)C2)O1. The van der Waals surface area contributed by atoms with Crippen LogP contribution < -0.4 is 10.6 Å². The zero-order valence-electron chi connectivity index (χ0n) is 10.7. The first-order chi connectivity index (χ1) is 9.56. The van der Waals surface area contributed by atoms with Gasteiger partial charge in [0.15, 0.2) is 11.6 Å². The predicted octanol–water partition coefficient (Wildman–Crippen LogP) is 2.10. The summed E-state index contributed by atoms with van der Waals surface area (Å²) in [5, 5.41) is 5.70. The number of hydrogen-bond donors (Lipinski definition) is 2. The summed E-state index contributed by atoms with van der Waals surface area (Å²) >= 11 is 5.67. The minimum absolute atomic E-state index is 0.00613. The molecule has 2 aliphatic rings. The lowest BCUT2D eigenvalue weighted by Gasteiger charge is -2.36. The monoisotopic (exact) mass is 300 g/mol. The summed E-state index contributed by atoms with van der Waals surface area (Å²) in [6.45, 7) is 0.497. The first kappa shape index (κ1) is 13.4. The second-order valence-electron chi connectivity index (χ2n) is 5.20. The highest BCUT2D eigenvalue weighted by atomic mass is 35.5. The van der Waals surface area contributed by atoms with Gasteiger partial charge in [-0.2, -0.15) is 4.98 Å². The van der Waals surface area contributed by atoms with E-state index < -0.39 is 11.4 Å². The average Bonchev–Trinajstić information content (AvgIpc) is 2.75. The molecule has 1 saturated heterocycles. The zero-order valence-corrected chi connectivity index (χ0v) is 11.4. The number of nitrogens with zero attached hydrogens (tertiary/aromatic N) is 2. The molecule has 2 heterocycles. The van der Waals surface area contributed by atoms with E-state index in [2.05, 4.69) is 20.6 Å². The Morgan fingerprint density at radius 3 is 3.20 bits per heavy atom. The molecular formula is C12H14ClFN4O2. The van der Waals surface area contributed by atoms with Crippen LogP contribution in [0.25, 0.3) is 0 Å². The van der Waals surface area contributed by atoms with E-state index in [1.54, 1.807) is 0 Å². The van der Waals surface area contributed by atoms with E-state index in [0.29, 0.717) is 13.0 Å². The molecule has 1 amide bonds. The topological polar surface area (TPSA) is 76.1 Å². The first-order valence-corrected chi connectivity index (χ1v) is 6.86. The number of carbonyl (C=O) groups is 1. The molecule has 1 aliphatic carbocycles. The van der Waals surface area contributed by atoms with Gasteiger partial charge >= 0.3 is 6.09 Å². The number of hydrogen-bond acceptors (Lipinski definition) is 5. The van der Waals surface area contributed by atoms with Crippen LogP contribution >= 0.6 is 11.6 Å². The Bertz CT molecular complexity index is 544. The van der Waals surface area contributed by atoms with Crippen LogP contribution in [-0.4, -0.2) is 34.2 Å². The maximum Gasteiger partial charge on any atom is 0.407 e. The maximum absolute atomic E-state index is 13.6. The number of halogens is 2. The zero-order chi connectivity index (χ0) is 14.2. The summed E-state index contributed by atoms with van der Waals surface area (Å²) in [5.41, 5.74) is -0.486. The number of carbonyl (C=O) groups excluding carboxylic acids is 1. The molecule has 1 spiro atoms. The van der Waals surface area contributed by atoms with Crippen molar-refractivity contribution in [2.24, 2.45) is 0 Å². The quantitative estimate of drug-likeness (QED) is 0.818. The van der Waals surface area contributed by atoms with Crippen molar-refractivity contribution in [1.29, 1.82) is 0 Å². The molecule has 1 aliphatic heterocycles. The molecule has 8 heteroatoms. The number of ether oxygens (including phenoxy) is 1. The minimum Gasteiger partial charge on any atom is -0.441 e. The highest BCUT2D eigenvalue weighted by Gasteiger charge is 2.44. The molecule has 0 radical (unpaired) electrons. The van der Waals surface area contributed by atoms with Gasteiger partial charge in [-0.05, 0) is 30.9 Å². The van der Waals surface area contributed by atoms with Crippen molar-refractivity contribution in [1.82, 2.24) is 15.3 Å². The van der Waals surface area contributed by atoms with Crippen LogP contribution in [0.3, 0.4) is 0 Å². The summed E-state index contributed by atoms with van der Waals surface area (Å²) in [6, 6.07) is -0.0167. The maximum atomic E-state index is 13.6. The first-order valence-electron chi connectivity index (χ1n) is 6.48. The van der Waals surface area contributed by atoms with Crippen LogP contribution in [0, 0.1) is 5.82 Å². The van der Waals surface area contributed by atoms with Crippen molar-refractivity contribution in [3.05, 3.63) is 17.3 Å². The molecule has 6 nitrogen and oxygen atoms in total. The molecule has 1 aromatic rings. The summed E-state index contributed by atoms with van der Waals surface area (Å²) in [7, 11) is 0. The minimum atomic E-state index is -0.546. The van der Waals surface area contributed by atoms with Crippen molar-refractivity contribution >= 4 is 23.5 Å². The van der Waals surface area contributed by atoms with Gasteiger partial charge in [-0.3, -0.25) is 0 Å². The second kappa shape index (κ2) is 5.05. The standard InChI is InChI=1S/C12H14ClFN4O2/c13-10-15-5-8(14)9(18-10)17-7-2-1-3-12(4-7)6-16-11(19)20-12/h5,7H,1-4,6H2,(H,16,19)(H,15,17,18)/t7-,12+/m0/s1. The molecule has 108 valence electrons. The van der Waals surface area contributed by atoms with E-state index in [4.69, 9.17) is 16.3 Å². The van der Waals surface area contributed by atoms with Gasteiger partial charge in [-0.1, -0.05) is 0 Å². The van der Waals surface area contributed by atoms with Crippen LogP contribution in [0.15, 0.2) is 6.20 Å². The fourth-order valence-corrected chi connectivity index (χ4v) is 2.98. The van der Waals surface area contributed by atoms with Crippen molar-refractivity contribution < 1.29 is 13.9 Å². The summed E-state index contributed by atoms with van der Waals surface area (Å²) in [6.07, 6.45) is 3.84. The molecule has 2 N–H and O–H groups in total. The third-order valence-electron chi connectivity index (χ3n) is 3.72. The van der Waals surface area contributed by atoms with Crippen molar-refractivity contribution in [2.75, 3.05) is 11.9 Å². The van der Waals surface area contributed by atoms with Gasteiger partial charge in [0.2, 0.25) is 5.28 Å². The fourth-order valence-electron chi connectivity index (χ4n) is 2.84. The van der Waals surface area contributed by atoms with Gasteiger partial charge in [-0.15, -0.1) is 0 Å². The van der Waals surface area contributed by atoms with E-state index >= 15 is 0 Å². The van der Waals surface area contributed by atoms with Gasteiger partial charge in [0.25, 0.3) is 0 Å². The van der Waals surface area contributed by atoms with E-state index in [1.165, 1.54) is 0 Å². The molecule has 2 atom stereocenters. The number of aromatic nitrogens is 2. The normalized spacial score (nSPS) is 29.1. The Balaban J connectivity index is 1.71. The highest BCUT2D eigenvalue weighted by molar-refractivity contribution is 6.28. The third-order valence-corrected chi connectivity index (χ3v) is 3.91. The van der Waals surface area contributed by atoms with Gasteiger partial charge < -0.3 is 15.4 Å². The van der Waals surface area contributed by atoms with Crippen molar-refractivity contribution in [2.45, 2.75) is 37.3 Å². The molecule has 0 bridgehead atoms. The third kappa shape index (κ3) is 2.63. The highest BCUT2D eigenvalue weighted by Crippen LogP contribution is 2.35. The number of anilines is 1. The molecule has 1 aromatic heterocycles. The summed E-state index contributed by atoms with van der Waals surface area (Å²) in [5.74, 6) is -0.458. The Hall–Kier alpha value is -1.63. The lowest BCUT2D eigenvalue weighted by Crippen LogP contribution is -2.43. The molecule has 0 unspecified atom stereocenters. The van der Waals surface area contributed by atoms with E-state index in [1.807, 2.05) is 0 Å². The largest absolute Gasteiger partial charge is 0.441 e. The lowest BCUT2D eigenvalue weighted by molar-refractivity contribution is 0.0222. The van der Waals surface area contributed by atoms with E-state index in [0.717, 1.165) is 25.5 Å². The molecule has 2 fully saturated rings. The number of amides is 1. The average molecular weight is 301 g/mol. The lowest BCUT2D eigenvalue weighted by atomic mass is 9.82. The predicted molar refractivity (Wildman–Crippen MR) is 70.1 cm³/mol. The van der Waals surface area contributed by atoms with Crippen LogP contribution in [0.2, 0.25) is 5.28 Å². The van der Waals surface area contributed by atoms with Crippen molar-refractivity contribution in [3.8, 4) is 0 Å². The smallest absolute Gasteiger partial charge is 0.407 e. The summed E-state index contributed by atoms with van der Waals surface area (Å²) < 4.78 is 19.0. The molecule has 3 rings (SSSR count).